The van der Waals surface area contributed by atoms with E-state index in [0.29, 0.717) is 31.7 Å². The molecule has 1 fully saturated rings. The smallest absolute Gasteiger partial charge is 0.270 e. The molecule has 1 aliphatic rings. The van der Waals surface area contributed by atoms with Crippen molar-refractivity contribution in [3.05, 3.63) is 62.6 Å². The molecule has 138 valence electrons. The van der Waals surface area contributed by atoms with Crippen LogP contribution in [0.25, 0.3) is 10.2 Å². The fourth-order valence-electron chi connectivity index (χ4n) is 3.06. The van der Waals surface area contributed by atoms with Crippen molar-refractivity contribution in [1.29, 1.82) is 0 Å². The molecule has 2 aromatic carbocycles. The fraction of sp³-hybridized carbons (Fsp3) is 0.222. The maximum Gasteiger partial charge on any atom is 0.270 e. The molecule has 0 atom stereocenters. The number of rotatable bonds is 3. The highest BCUT2D eigenvalue weighted by atomic mass is 79.9. The first-order valence-electron chi connectivity index (χ1n) is 8.36. The summed E-state index contributed by atoms with van der Waals surface area (Å²) in [4.78, 5) is 31.7. The van der Waals surface area contributed by atoms with Gasteiger partial charge in [-0.1, -0.05) is 33.3 Å². The van der Waals surface area contributed by atoms with E-state index in [-0.39, 0.29) is 11.6 Å². The molecule has 27 heavy (non-hydrogen) atoms. The van der Waals surface area contributed by atoms with Crippen LogP contribution < -0.4 is 4.90 Å². The lowest BCUT2D eigenvalue weighted by molar-refractivity contribution is -0.384. The number of benzene rings is 2. The van der Waals surface area contributed by atoms with Gasteiger partial charge in [-0.05, 0) is 24.3 Å². The molecule has 2 heterocycles. The third-order valence-electron chi connectivity index (χ3n) is 4.48. The molecular formula is C18H15BrN4O3S. The van der Waals surface area contributed by atoms with Crippen molar-refractivity contribution in [2.24, 2.45) is 0 Å². The summed E-state index contributed by atoms with van der Waals surface area (Å²) in [6.07, 6.45) is 0. The third kappa shape index (κ3) is 3.65. The largest absolute Gasteiger partial charge is 0.345 e. The Balaban J connectivity index is 1.45. The molecule has 1 saturated heterocycles. The number of amides is 1. The molecule has 0 spiro atoms. The number of nitro benzene ring substituents is 1. The molecule has 7 nitrogen and oxygen atoms in total. The van der Waals surface area contributed by atoms with Gasteiger partial charge in [-0.25, -0.2) is 4.98 Å². The second-order valence-corrected chi connectivity index (χ2v) is 8.12. The lowest BCUT2D eigenvalue weighted by Crippen LogP contribution is -2.48. The first-order chi connectivity index (χ1) is 13.0. The number of non-ortho nitro benzene ring substituents is 1. The minimum Gasteiger partial charge on any atom is -0.345 e. The van der Waals surface area contributed by atoms with E-state index >= 15 is 0 Å². The van der Waals surface area contributed by atoms with E-state index in [1.54, 1.807) is 28.4 Å². The number of carbonyl (C=O) groups excluding carboxylic acids is 1. The van der Waals surface area contributed by atoms with Gasteiger partial charge in [0.2, 0.25) is 0 Å². The number of fused-ring (bicyclic) bond motifs is 1. The number of nitro groups is 1. The van der Waals surface area contributed by atoms with Gasteiger partial charge in [-0.15, -0.1) is 0 Å². The number of hydrogen-bond acceptors (Lipinski definition) is 6. The van der Waals surface area contributed by atoms with E-state index in [1.165, 1.54) is 12.1 Å². The van der Waals surface area contributed by atoms with Gasteiger partial charge in [-0.2, -0.15) is 0 Å². The van der Waals surface area contributed by atoms with Gasteiger partial charge >= 0.3 is 0 Å². The zero-order valence-electron chi connectivity index (χ0n) is 14.2. The van der Waals surface area contributed by atoms with Crippen LogP contribution in [0.5, 0.6) is 0 Å². The summed E-state index contributed by atoms with van der Waals surface area (Å²) in [5.74, 6) is -0.174. The minimum atomic E-state index is -0.486. The Hall–Kier alpha value is -2.52. The molecule has 1 aliphatic heterocycles. The number of halogens is 1. The molecule has 1 aromatic heterocycles. The summed E-state index contributed by atoms with van der Waals surface area (Å²) < 4.78 is 2.15. The summed E-state index contributed by atoms with van der Waals surface area (Å²) in [5.41, 5.74) is 1.25. The highest BCUT2D eigenvalue weighted by molar-refractivity contribution is 9.10. The number of hydrogen-bond donors (Lipinski definition) is 0. The Morgan fingerprint density at radius 3 is 2.67 bits per heavy atom. The lowest BCUT2D eigenvalue weighted by Gasteiger charge is -2.34. The Bertz CT molecular complexity index is 1030. The van der Waals surface area contributed by atoms with Crippen LogP contribution in [0.2, 0.25) is 0 Å². The van der Waals surface area contributed by atoms with E-state index in [0.717, 1.165) is 19.8 Å². The van der Waals surface area contributed by atoms with Crippen molar-refractivity contribution in [1.82, 2.24) is 9.88 Å². The van der Waals surface area contributed by atoms with Crippen molar-refractivity contribution in [2.75, 3.05) is 31.1 Å². The lowest BCUT2D eigenvalue weighted by atomic mass is 10.1. The first kappa shape index (κ1) is 17.9. The monoisotopic (exact) mass is 446 g/mol. The Morgan fingerprint density at radius 1 is 1.15 bits per heavy atom. The molecule has 0 saturated carbocycles. The zero-order chi connectivity index (χ0) is 19.0. The van der Waals surface area contributed by atoms with Crippen LogP contribution in [0.15, 0.2) is 46.9 Å². The number of nitrogens with zero attached hydrogens (tertiary/aromatic N) is 4. The van der Waals surface area contributed by atoms with E-state index in [1.807, 2.05) is 12.1 Å². The van der Waals surface area contributed by atoms with E-state index in [9.17, 15) is 14.9 Å². The summed E-state index contributed by atoms with van der Waals surface area (Å²) in [6, 6.07) is 11.9. The minimum absolute atomic E-state index is 0.0693. The maximum atomic E-state index is 12.7. The van der Waals surface area contributed by atoms with Gasteiger partial charge in [0.15, 0.2) is 5.13 Å². The second kappa shape index (κ2) is 7.24. The van der Waals surface area contributed by atoms with Crippen molar-refractivity contribution >= 4 is 54.2 Å². The van der Waals surface area contributed by atoms with Crippen LogP contribution in [0.1, 0.15) is 10.4 Å². The quantitative estimate of drug-likeness (QED) is 0.449. The Labute approximate surface area is 167 Å². The van der Waals surface area contributed by atoms with E-state index in [2.05, 4.69) is 31.9 Å². The summed E-state index contributed by atoms with van der Waals surface area (Å²) in [6.45, 7) is 2.48. The van der Waals surface area contributed by atoms with Crippen molar-refractivity contribution in [3.63, 3.8) is 0 Å². The molecule has 4 rings (SSSR count). The van der Waals surface area contributed by atoms with Crippen LogP contribution in [0, 0.1) is 10.1 Å². The van der Waals surface area contributed by atoms with E-state index in [4.69, 9.17) is 0 Å². The summed E-state index contributed by atoms with van der Waals surface area (Å²) in [7, 11) is 0. The molecule has 0 unspecified atom stereocenters. The van der Waals surface area contributed by atoms with Gasteiger partial charge < -0.3 is 9.80 Å². The SMILES string of the molecule is O=C(c1cccc([N+](=O)[O-])c1)N1CCN(c2nc3ccc(Br)cc3s2)CC1. The second-order valence-electron chi connectivity index (χ2n) is 6.20. The normalized spacial score (nSPS) is 14.6. The fourth-order valence-corrected chi connectivity index (χ4v) is 4.63. The van der Waals surface area contributed by atoms with Crippen LogP contribution in [-0.4, -0.2) is 46.9 Å². The molecule has 0 bridgehead atoms. The van der Waals surface area contributed by atoms with Crippen molar-refractivity contribution in [2.45, 2.75) is 0 Å². The average molecular weight is 447 g/mol. The number of aromatic nitrogens is 1. The van der Waals surface area contributed by atoms with Crippen LogP contribution in [0.4, 0.5) is 10.8 Å². The van der Waals surface area contributed by atoms with Crippen molar-refractivity contribution < 1.29 is 9.72 Å². The van der Waals surface area contributed by atoms with Gasteiger partial charge in [0.25, 0.3) is 11.6 Å². The van der Waals surface area contributed by atoms with Crippen LogP contribution in [0.3, 0.4) is 0 Å². The number of anilines is 1. The number of carbonyl (C=O) groups is 1. The summed E-state index contributed by atoms with van der Waals surface area (Å²) in [5, 5.41) is 11.9. The average Bonchev–Trinajstić information content (AvgIpc) is 3.10. The highest BCUT2D eigenvalue weighted by Gasteiger charge is 2.24. The van der Waals surface area contributed by atoms with Gasteiger partial charge in [-0.3, -0.25) is 14.9 Å². The molecular weight excluding hydrogens is 432 g/mol. The van der Waals surface area contributed by atoms with E-state index < -0.39 is 4.92 Å². The molecule has 9 heteroatoms. The van der Waals surface area contributed by atoms with Gasteiger partial charge in [0.1, 0.15) is 0 Å². The molecule has 0 radical (unpaired) electrons. The molecule has 3 aromatic rings. The van der Waals surface area contributed by atoms with Crippen molar-refractivity contribution in [3.8, 4) is 0 Å². The predicted molar refractivity (Wildman–Crippen MR) is 109 cm³/mol. The van der Waals surface area contributed by atoms with Crippen LogP contribution >= 0.6 is 27.3 Å². The Kier molecular flexibility index (Phi) is 4.79. The van der Waals surface area contributed by atoms with Gasteiger partial charge in [0.05, 0.1) is 15.1 Å². The maximum absolute atomic E-state index is 12.7. The number of thiazole rings is 1. The van der Waals surface area contributed by atoms with Gasteiger partial charge in [0, 0.05) is 48.3 Å². The molecule has 1 amide bonds. The zero-order valence-corrected chi connectivity index (χ0v) is 16.6. The van der Waals surface area contributed by atoms with Crippen LogP contribution in [-0.2, 0) is 0 Å². The first-order valence-corrected chi connectivity index (χ1v) is 9.97. The summed E-state index contributed by atoms with van der Waals surface area (Å²) >= 11 is 5.11. The molecule has 0 aliphatic carbocycles. The third-order valence-corrected chi connectivity index (χ3v) is 6.05. The highest BCUT2D eigenvalue weighted by Crippen LogP contribution is 2.31. The Morgan fingerprint density at radius 2 is 1.93 bits per heavy atom. The predicted octanol–water partition coefficient (Wildman–Crippen LogP) is 3.93. The topological polar surface area (TPSA) is 79.6 Å². The standard InChI is InChI=1S/C18H15BrN4O3S/c19-13-4-5-15-16(11-13)27-18(20-15)22-8-6-21(7-9-22)17(24)12-2-1-3-14(10-12)23(25)26/h1-5,10-11H,6-9H2. The molecule has 0 N–H and O–H groups in total. The number of piperazine rings is 1.